The summed E-state index contributed by atoms with van der Waals surface area (Å²) >= 11 is 0. The van der Waals surface area contributed by atoms with Crippen LogP contribution in [-0.4, -0.2) is 22.3 Å². The number of ether oxygens (including phenoxy) is 1. The van der Waals surface area contributed by atoms with Crippen molar-refractivity contribution in [2.45, 2.75) is 46.2 Å². The fraction of sp³-hybridized carbons (Fsp3) is 0.667. The van der Waals surface area contributed by atoms with Crippen molar-refractivity contribution in [3.63, 3.8) is 0 Å². The number of nitrogens with zero attached hydrogens (tertiary/aromatic N) is 2. The van der Waals surface area contributed by atoms with Crippen molar-refractivity contribution in [1.29, 1.82) is 0 Å². The van der Waals surface area contributed by atoms with Gasteiger partial charge in [0.15, 0.2) is 0 Å². The molecule has 0 unspecified atom stereocenters. The van der Waals surface area contributed by atoms with Crippen LogP contribution >= 0.6 is 0 Å². The van der Waals surface area contributed by atoms with E-state index in [1.807, 2.05) is 12.1 Å². The van der Waals surface area contributed by atoms with E-state index in [0.717, 1.165) is 18.7 Å². The number of nitrogens with one attached hydrogen (secondary N) is 1. The Hall–Kier alpha value is -1.16. The maximum absolute atomic E-state index is 5.36. The van der Waals surface area contributed by atoms with Gasteiger partial charge >= 0.3 is 0 Å². The fourth-order valence-corrected chi connectivity index (χ4v) is 1.08. The summed E-state index contributed by atoms with van der Waals surface area (Å²) < 4.78 is 5.36. The lowest BCUT2D eigenvalue weighted by Gasteiger charge is -2.19. The molecule has 0 bridgehead atoms. The van der Waals surface area contributed by atoms with Crippen molar-refractivity contribution in [2.24, 2.45) is 0 Å². The van der Waals surface area contributed by atoms with E-state index in [-0.39, 0.29) is 5.54 Å². The van der Waals surface area contributed by atoms with E-state index >= 15 is 0 Å². The van der Waals surface area contributed by atoms with E-state index in [1.165, 1.54) is 0 Å². The number of aromatic nitrogens is 2. The van der Waals surface area contributed by atoms with E-state index in [4.69, 9.17) is 4.74 Å². The summed E-state index contributed by atoms with van der Waals surface area (Å²) in [6.07, 6.45) is 0.981. The highest BCUT2D eigenvalue weighted by Gasteiger charge is 2.09. The van der Waals surface area contributed by atoms with E-state index in [0.29, 0.717) is 12.5 Å². The highest BCUT2D eigenvalue weighted by Crippen LogP contribution is 2.06. The van der Waals surface area contributed by atoms with Crippen LogP contribution in [-0.2, 0) is 6.54 Å². The van der Waals surface area contributed by atoms with E-state index in [1.54, 1.807) is 0 Å². The molecule has 1 aromatic rings. The summed E-state index contributed by atoms with van der Waals surface area (Å²) in [5, 5.41) is 11.5. The fourth-order valence-electron chi connectivity index (χ4n) is 1.08. The Morgan fingerprint density at radius 1 is 1.25 bits per heavy atom. The van der Waals surface area contributed by atoms with E-state index in [2.05, 4.69) is 43.2 Å². The quantitative estimate of drug-likeness (QED) is 0.831. The summed E-state index contributed by atoms with van der Waals surface area (Å²) in [5.74, 6) is 0.598. The molecule has 1 aromatic heterocycles. The highest BCUT2D eigenvalue weighted by atomic mass is 16.5. The largest absolute Gasteiger partial charge is 0.477 e. The van der Waals surface area contributed by atoms with Gasteiger partial charge in [-0.25, -0.2) is 0 Å². The molecule has 1 rings (SSSR count). The predicted octanol–water partition coefficient (Wildman–Crippen LogP) is 2.15. The first kappa shape index (κ1) is 12.9. The van der Waals surface area contributed by atoms with Crippen molar-refractivity contribution in [2.75, 3.05) is 6.61 Å². The van der Waals surface area contributed by atoms with Gasteiger partial charge in [0, 0.05) is 18.2 Å². The zero-order chi connectivity index (χ0) is 12.0. The monoisotopic (exact) mass is 223 g/mol. The third-order valence-electron chi connectivity index (χ3n) is 1.95. The molecule has 1 heterocycles. The van der Waals surface area contributed by atoms with Crippen molar-refractivity contribution in [1.82, 2.24) is 15.5 Å². The highest BCUT2D eigenvalue weighted by molar-refractivity contribution is 5.11. The minimum atomic E-state index is 0.0963. The third-order valence-corrected chi connectivity index (χ3v) is 1.95. The van der Waals surface area contributed by atoms with Crippen LogP contribution in [0, 0.1) is 0 Å². The molecule has 4 nitrogen and oxygen atoms in total. The van der Waals surface area contributed by atoms with Crippen molar-refractivity contribution < 1.29 is 4.74 Å². The standard InChI is InChI=1S/C12H21N3O/c1-5-8-16-11-7-6-10(14-15-11)9-13-12(2,3)4/h6-7,13H,5,8-9H2,1-4H3. The number of hydrogen-bond acceptors (Lipinski definition) is 4. The molecule has 0 aliphatic rings. The summed E-state index contributed by atoms with van der Waals surface area (Å²) in [5.41, 5.74) is 1.03. The Morgan fingerprint density at radius 3 is 2.50 bits per heavy atom. The summed E-state index contributed by atoms with van der Waals surface area (Å²) in [6, 6.07) is 3.80. The van der Waals surface area contributed by atoms with E-state index < -0.39 is 0 Å². The average Bonchev–Trinajstić information content (AvgIpc) is 2.24. The molecular weight excluding hydrogens is 202 g/mol. The summed E-state index contributed by atoms with van der Waals surface area (Å²) in [7, 11) is 0. The lowest BCUT2D eigenvalue weighted by molar-refractivity contribution is 0.301. The lowest BCUT2D eigenvalue weighted by Crippen LogP contribution is -2.35. The van der Waals surface area contributed by atoms with Crippen LogP contribution in [0.15, 0.2) is 12.1 Å². The zero-order valence-electron chi connectivity index (χ0n) is 10.6. The molecule has 4 heteroatoms. The number of rotatable bonds is 5. The second-order valence-electron chi connectivity index (χ2n) is 4.81. The second kappa shape index (κ2) is 5.80. The van der Waals surface area contributed by atoms with Crippen LogP contribution in [0.1, 0.15) is 39.8 Å². The van der Waals surface area contributed by atoms with E-state index in [9.17, 15) is 0 Å². The lowest BCUT2D eigenvalue weighted by atomic mass is 10.1. The van der Waals surface area contributed by atoms with Crippen LogP contribution in [0.25, 0.3) is 0 Å². The molecule has 0 fully saturated rings. The molecule has 0 spiro atoms. The van der Waals surface area contributed by atoms with Gasteiger partial charge in [-0.2, -0.15) is 5.10 Å². The van der Waals surface area contributed by atoms with Gasteiger partial charge in [0.25, 0.3) is 0 Å². The van der Waals surface area contributed by atoms with Crippen molar-refractivity contribution in [3.8, 4) is 5.88 Å². The Kier molecular flexibility index (Phi) is 4.68. The van der Waals surface area contributed by atoms with Gasteiger partial charge in [0.05, 0.1) is 12.3 Å². The first-order valence-electron chi connectivity index (χ1n) is 5.71. The van der Waals surface area contributed by atoms with Crippen molar-refractivity contribution in [3.05, 3.63) is 17.8 Å². The molecule has 0 saturated carbocycles. The molecule has 16 heavy (non-hydrogen) atoms. The first-order valence-corrected chi connectivity index (χ1v) is 5.71. The maximum Gasteiger partial charge on any atom is 0.233 e. The molecule has 90 valence electrons. The zero-order valence-corrected chi connectivity index (χ0v) is 10.6. The predicted molar refractivity (Wildman–Crippen MR) is 64.4 cm³/mol. The molecule has 0 saturated heterocycles. The normalized spacial score (nSPS) is 11.5. The van der Waals surface area contributed by atoms with Crippen LogP contribution in [0.2, 0.25) is 0 Å². The van der Waals surface area contributed by atoms with Crippen LogP contribution in [0.3, 0.4) is 0 Å². The molecule has 0 aliphatic heterocycles. The van der Waals surface area contributed by atoms with Gasteiger partial charge < -0.3 is 10.1 Å². The minimum Gasteiger partial charge on any atom is -0.477 e. The average molecular weight is 223 g/mol. The molecule has 1 N–H and O–H groups in total. The minimum absolute atomic E-state index is 0.0963. The SMILES string of the molecule is CCCOc1ccc(CNC(C)(C)C)nn1. The molecule has 0 atom stereocenters. The Balaban J connectivity index is 2.45. The van der Waals surface area contributed by atoms with Crippen LogP contribution < -0.4 is 10.1 Å². The maximum atomic E-state index is 5.36. The molecule has 0 aromatic carbocycles. The third kappa shape index (κ3) is 5.07. The molecule has 0 amide bonds. The van der Waals surface area contributed by atoms with Gasteiger partial charge in [-0.1, -0.05) is 6.92 Å². The van der Waals surface area contributed by atoms with Crippen LogP contribution in [0.5, 0.6) is 5.88 Å². The second-order valence-corrected chi connectivity index (χ2v) is 4.81. The smallest absolute Gasteiger partial charge is 0.233 e. The Morgan fingerprint density at radius 2 is 2.00 bits per heavy atom. The van der Waals surface area contributed by atoms with Gasteiger partial charge in [-0.3, -0.25) is 0 Å². The summed E-state index contributed by atoms with van der Waals surface area (Å²) in [4.78, 5) is 0. The molecular formula is C12H21N3O. The molecule has 0 aliphatic carbocycles. The van der Waals surface area contributed by atoms with Crippen LogP contribution in [0.4, 0.5) is 0 Å². The van der Waals surface area contributed by atoms with Gasteiger partial charge in [-0.05, 0) is 33.3 Å². The van der Waals surface area contributed by atoms with Gasteiger partial charge in [-0.15, -0.1) is 5.10 Å². The number of hydrogen-bond donors (Lipinski definition) is 1. The molecule has 0 radical (unpaired) electrons. The first-order chi connectivity index (χ1) is 7.51. The van der Waals surface area contributed by atoms with Gasteiger partial charge in [0.2, 0.25) is 5.88 Å². The topological polar surface area (TPSA) is 47.0 Å². The Labute approximate surface area is 97.4 Å². The summed E-state index contributed by atoms with van der Waals surface area (Å²) in [6.45, 7) is 9.85. The van der Waals surface area contributed by atoms with Gasteiger partial charge in [0.1, 0.15) is 0 Å². The Bertz CT molecular complexity index is 303. The van der Waals surface area contributed by atoms with Crippen molar-refractivity contribution >= 4 is 0 Å².